The van der Waals surface area contributed by atoms with Crippen LogP contribution in [0.25, 0.3) is 11.3 Å². The average molecular weight is 291 g/mol. The Morgan fingerprint density at radius 1 is 1.38 bits per heavy atom. The van der Waals surface area contributed by atoms with E-state index in [1.165, 1.54) is 16.9 Å². The molecular weight excluding hydrogens is 280 g/mol. The number of carboxylic acids is 1. The van der Waals surface area contributed by atoms with Crippen molar-refractivity contribution >= 4 is 5.97 Å². The molecule has 2 rings (SSSR count). The predicted octanol–water partition coefficient (Wildman–Crippen LogP) is 2.98. The smallest absolute Gasteiger partial charge is 0.339 e. The molecule has 0 bridgehead atoms. The van der Waals surface area contributed by atoms with Gasteiger partial charge in [0.1, 0.15) is 29.0 Å². The summed E-state index contributed by atoms with van der Waals surface area (Å²) in [4.78, 5) is 11.2. The standard InChI is InChI=1S/C14H11F2N3O2/c1-7(2)19-6-10(14(20)21)13(18-19)9-4-11(15)8(5-17)3-12(9)16/h3-4,6-7H,1-2H3,(H,20,21). The first-order valence-electron chi connectivity index (χ1n) is 6.07. The van der Waals surface area contributed by atoms with Crippen LogP contribution in [0.5, 0.6) is 0 Å². The Hall–Kier alpha value is -2.75. The SMILES string of the molecule is CC(C)n1cc(C(=O)O)c(-c2cc(F)c(C#N)cc2F)n1. The maximum Gasteiger partial charge on any atom is 0.339 e. The molecule has 1 aromatic heterocycles. The lowest BCUT2D eigenvalue weighted by atomic mass is 10.0. The molecule has 1 aromatic carbocycles. The highest BCUT2D eigenvalue weighted by Gasteiger charge is 2.22. The van der Waals surface area contributed by atoms with Crippen molar-refractivity contribution in [3.63, 3.8) is 0 Å². The van der Waals surface area contributed by atoms with Gasteiger partial charge in [-0.3, -0.25) is 4.68 Å². The highest BCUT2D eigenvalue weighted by Crippen LogP contribution is 2.28. The van der Waals surface area contributed by atoms with Gasteiger partial charge in [0.05, 0.1) is 5.56 Å². The van der Waals surface area contributed by atoms with Crippen molar-refractivity contribution < 1.29 is 18.7 Å². The third-order valence-electron chi connectivity index (χ3n) is 2.92. The highest BCUT2D eigenvalue weighted by molar-refractivity contribution is 5.94. The first-order chi connectivity index (χ1) is 9.85. The fourth-order valence-corrected chi connectivity index (χ4v) is 1.83. The lowest BCUT2D eigenvalue weighted by Gasteiger charge is -2.05. The quantitative estimate of drug-likeness (QED) is 0.942. The Morgan fingerprint density at radius 2 is 2.05 bits per heavy atom. The second-order valence-corrected chi connectivity index (χ2v) is 4.69. The summed E-state index contributed by atoms with van der Waals surface area (Å²) in [6, 6.07) is 2.89. The molecule has 0 atom stereocenters. The van der Waals surface area contributed by atoms with Gasteiger partial charge in [-0.2, -0.15) is 10.4 Å². The normalized spacial score (nSPS) is 10.7. The van der Waals surface area contributed by atoms with Gasteiger partial charge in [-0.15, -0.1) is 0 Å². The van der Waals surface area contributed by atoms with Crippen molar-refractivity contribution in [2.24, 2.45) is 0 Å². The third-order valence-corrected chi connectivity index (χ3v) is 2.92. The van der Waals surface area contributed by atoms with E-state index in [1.54, 1.807) is 13.8 Å². The van der Waals surface area contributed by atoms with E-state index in [1.807, 2.05) is 0 Å². The van der Waals surface area contributed by atoms with E-state index in [0.717, 1.165) is 12.1 Å². The molecule has 0 radical (unpaired) electrons. The van der Waals surface area contributed by atoms with Gasteiger partial charge in [0.25, 0.3) is 0 Å². The Balaban J connectivity index is 2.69. The summed E-state index contributed by atoms with van der Waals surface area (Å²) in [5, 5.41) is 21.8. The third kappa shape index (κ3) is 2.60. The molecule has 108 valence electrons. The van der Waals surface area contributed by atoms with E-state index < -0.39 is 23.2 Å². The van der Waals surface area contributed by atoms with Crippen molar-refractivity contribution in [1.29, 1.82) is 5.26 Å². The number of aromatic nitrogens is 2. The van der Waals surface area contributed by atoms with Crippen LogP contribution in [0.2, 0.25) is 0 Å². The maximum absolute atomic E-state index is 14.0. The molecule has 0 saturated heterocycles. The van der Waals surface area contributed by atoms with Crippen LogP contribution in [0.1, 0.15) is 35.8 Å². The van der Waals surface area contributed by atoms with Crippen molar-refractivity contribution in [2.75, 3.05) is 0 Å². The number of nitriles is 1. The van der Waals surface area contributed by atoms with Crippen LogP contribution < -0.4 is 0 Å². The van der Waals surface area contributed by atoms with Gasteiger partial charge in [0, 0.05) is 17.8 Å². The van der Waals surface area contributed by atoms with Crippen molar-refractivity contribution in [3.8, 4) is 17.3 Å². The van der Waals surface area contributed by atoms with Gasteiger partial charge in [0.2, 0.25) is 0 Å². The molecule has 0 spiro atoms. The summed E-state index contributed by atoms with van der Waals surface area (Å²) in [5.74, 6) is -3.12. The van der Waals surface area contributed by atoms with E-state index in [2.05, 4.69) is 5.10 Å². The Morgan fingerprint density at radius 3 is 2.57 bits per heavy atom. The molecule has 0 aliphatic rings. The van der Waals surface area contributed by atoms with Gasteiger partial charge >= 0.3 is 5.97 Å². The summed E-state index contributed by atoms with van der Waals surface area (Å²) < 4.78 is 29.0. The van der Waals surface area contributed by atoms with Gasteiger partial charge in [-0.25, -0.2) is 13.6 Å². The van der Waals surface area contributed by atoms with E-state index in [-0.39, 0.29) is 22.9 Å². The van der Waals surface area contributed by atoms with Gasteiger partial charge in [-0.1, -0.05) is 0 Å². The first kappa shape index (κ1) is 14.7. The fourth-order valence-electron chi connectivity index (χ4n) is 1.83. The Kier molecular flexibility index (Phi) is 3.72. The van der Waals surface area contributed by atoms with Gasteiger partial charge < -0.3 is 5.11 Å². The number of carboxylic acid groups (broad SMARTS) is 1. The number of rotatable bonds is 3. The number of carbonyl (C=O) groups is 1. The van der Waals surface area contributed by atoms with Crippen LogP contribution in [-0.4, -0.2) is 20.9 Å². The minimum absolute atomic E-state index is 0.136. The van der Waals surface area contributed by atoms with E-state index in [9.17, 15) is 13.6 Å². The van der Waals surface area contributed by atoms with E-state index in [4.69, 9.17) is 10.4 Å². The topological polar surface area (TPSA) is 78.9 Å². The first-order valence-corrected chi connectivity index (χ1v) is 6.07. The number of nitrogens with zero attached hydrogens (tertiary/aromatic N) is 3. The molecule has 5 nitrogen and oxygen atoms in total. The number of aromatic carboxylic acids is 1. The summed E-state index contributed by atoms with van der Waals surface area (Å²) in [6.45, 7) is 3.55. The van der Waals surface area contributed by atoms with Crippen LogP contribution in [0.3, 0.4) is 0 Å². The van der Waals surface area contributed by atoms with Crippen LogP contribution >= 0.6 is 0 Å². The predicted molar refractivity (Wildman–Crippen MR) is 69.6 cm³/mol. The summed E-state index contributed by atoms with van der Waals surface area (Å²) in [6.07, 6.45) is 1.26. The molecule has 0 aliphatic carbocycles. The van der Waals surface area contributed by atoms with Crippen LogP contribution in [-0.2, 0) is 0 Å². The zero-order valence-electron chi connectivity index (χ0n) is 11.3. The largest absolute Gasteiger partial charge is 0.478 e. The molecule has 21 heavy (non-hydrogen) atoms. The second kappa shape index (κ2) is 5.32. The molecule has 1 heterocycles. The summed E-state index contributed by atoms with van der Waals surface area (Å²) in [7, 11) is 0. The molecule has 0 saturated carbocycles. The molecule has 0 unspecified atom stereocenters. The van der Waals surface area contributed by atoms with E-state index in [0.29, 0.717) is 0 Å². The zero-order valence-corrected chi connectivity index (χ0v) is 11.3. The Labute approximate surface area is 119 Å². The maximum atomic E-state index is 14.0. The fraction of sp³-hybridized carbons (Fsp3) is 0.214. The minimum Gasteiger partial charge on any atom is -0.478 e. The minimum atomic E-state index is -1.29. The van der Waals surface area contributed by atoms with Crippen molar-refractivity contribution in [3.05, 3.63) is 41.1 Å². The van der Waals surface area contributed by atoms with Crippen LogP contribution in [0.15, 0.2) is 18.3 Å². The molecule has 1 N–H and O–H groups in total. The lowest BCUT2D eigenvalue weighted by molar-refractivity contribution is 0.0697. The second-order valence-electron chi connectivity index (χ2n) is 4.69. The molecule has 0 fully saturated rings. The van der Waals surface area contributed by atoms with Crippen LogP contribution in [0.4, 0.5) is 8.78 Å². The van der Waals surface area contributed by atoms with Crippen LogP contribution in [0, 0.1) is 23.0 Å². The van der Waals surface area contributed by atoms with Crippen molar-refractivity contribution in [2.45, 2.75) is 19.9 Å². The highest BCUT2D eigenvalue weighted by atomic mass is 19.1. The molecule has 7 heteroatoms. The summed E-state index contributed by atoms with van der Waals surface area (Å²) in [5.41, 5.74) is -1.14. The average Bonchev–Trinajstić information content (AvgIpc) is 2.86. The van der Waals surface area contributed by atoms with Crippen molar-refractivity contribution in [1.82, 2.24) is 9.78 Å². The monoisotopic (exact) mass is 291 g/mol. The van der Waals surface area contributed by atoms with E-state index >= 15 is 0 Å². The number of halogens is 2. The van der Waals surface area contributed by atoms with Gasteiger partial charge in [0.15, 0.2) is 0 Å². The zero-order chi connectivity index (χ0) is 15.7. The van der Waals surface area contributed by atoms with Gasteiger partial charge in [-0.05, 0) is 26.0 Å². The lowest BCUT2D eigenvalue weighted by Crippen LogP contribution is -2.01. The summed E-state index contributed by atoms with van der Waals surface area (Å²) >= 11 is 0. The number of hydrogen-bond donors (Lipinski definition) is 1. The molecule has 0 aliphatic heterocycles. The molecule has 0 amide bonds. The number of hydrogen-bond acceptors (Lipinski definition) is 3. The molecule has 2 aromatic rings. The Bertz CT molecular complexity index is 760. The number of benzene rings is 1. The molecular formula is C14H11F2N3O2.